The van der Waals surface area contributed by atoms with Gasteiger partial charge in [-0.3, -0.25) is 9.63 Å². The van der Waals surface area contributed by atoms with Gasteiger partial charge in [0.05, 0.1) is 12.1 Å². The summed E-state index contributed by atoms with van der Waals surface area (Å²) in [5, 5.41) is 10.7. The van der Waals surface area contributed by atoms with E-state index in [1.807, 2.05) is 30.3 Å². The summed E-state index contributed by atoms with van der Waals surface area (Å²) in [5.74, 6) is -0.229. The van der Waals surface area contributed by atoms with Crippen LogP contribution in [0.2, 0.25) is 0 Å². The Morgan fingerprint density at radius 2 is 2.05 bits per heavy atom. The highest BCUT2D eigenvalue weighted by Gasteiger charge is 2.46. The van der Waals surface area contributed by atoms with Crippen LogP contribution in [0.15, 0.2) is 30.3 Å². The van der Waals surface area contributed by atoms with Crippen molar-refractivity contribution < 1.29 is 19.5 Å². The van der Waals surface area contributed by atoms with Crippen LogP contribution < -0.4 is 0 Å². The van der Waals surface area contributed by atoms with Crippen LogP contribution in [0.4, 0.5) is 0 Å². The molecule has 0 bridgehead atoms. The minimum atomic E-state index is -0.351. The van der Waals surface area contributed by atoms with E-state index in [-0.39, 0.29) is 30.8 Å². The Hall–Kier alpha value is -1.43. The fourth-order valence-electron chi connectivity index (χ4n) is 2.70. The zero-order valence-electron chi connectivity index (χ0n) is 10.6. The number of ether oxygens (including phenoxy) is 1. The lowest BCUT2D eigenvalue weighted by atomic mass is 10.0. The van der Waals surface area contributed by atoms with E-state index in [0.717, 1.165) is 5.56 Å². The van der Waals surface area contributed by atoms with Gasteiger partial charge in [-0.2, -0.15) is 5.06 Å². The van der Waals surface area contributed by atoms with Gasteiger partial charge in [0.25, 0.3) is 0 Å². The van der Waals surface area contributed by atoms with E-state index in [2.05, 4.69) is 0 Å². The molecule has 0 unspecified atom stereocenters. The second-order valence-corrected chi connectivity index (χ2v) is 4.91. The summed E-state index contributed by atoms with van der Waals surface area (Å²) in [7, 11) is 0. The Balaban J connectivity index is 1.82. The Morgan fingerprint density at radius 1 is 1.26 bits per heavy atom. The highest BCUT2D eigenvalue weighted by Crippen LogP contribution is 2.36. The Kier molecular flexibility index (Phi) is 3.50. The lowest BCUT2D eigenvalue weighted by molar-refractivity contribution is -0.228. The number of fused-ring (bicyclic) bond motifs is 1. The van der Waals surface area contributed by atoms with E-state index in [4.69, 9.17) is 14.7 Å². The summed E-state index contributed by atoms with van der Waals surface area (Å²) >= 11 is 0. The Bertz CT molecular complexity index is 450. The summed E-state index contributed by atoms with van der Waals surface area (Å²) in [6.07, 6.45) is 1.02. The molecule has 0 aromatic heterocycles. The molecule has 2 saturated heterocycles. The normalized spacial score (nSPS) is 31.0. The van der Waals surface area contributed by atoms with Gasteiger partial charge in [-0.1, -0.05) is 30.3 Å². The number of morpholine rings is 1. The molecular formula is C14H17NO4. The molecule has 3 rings (SSSR count). The summed E-state index contributed by atoms with van der Waals surface area (Å²) in [6.45, 7) is 0.376. The molecule has 102 valence electrons. The minimum Gasteiger partial charge on any atom is -0.462 e. The maximum Gasteiger partial charge on any atom is 0.325 e. The molecule has 5 nitrogen and oxygen atoms in total. The molecule has 0 radical (unpaired) electrons. The molecule has 1 N–H and O–H groups in total. The SMILES string of the molecule is O=C1OC[C@@H](c2ccccc2)N2O[C@@H](CCO)C[C@H]12. The Morgan fingerprint density at radius 3 is 2.79 bits per heavy atom. The minimum absolute atomic E-state index is 0.0624. The number of nitrogens with zero attached hydrogens (tertiary/aromatic N) is 1. The lowest BCUT2D eigenvalue weighted by Gasteiger charge is -2.34. The number of aliphatic hydroxyl groups is 1. The standard InChI is InChI=1S/C14H17NO4/c16-7-6-11-8-12-14(17)18-9-13(15(12)19-11)10-4-2-1-3-5-10/h1-5,11-13,16H,6-9H2/t11-,12+,13-/m0/s1. The third kappa shape index (κ3) is 2.36. The number of esters is 1. The molecule has 0 aliphatic carbocycles. The zero-order valence-corrected chi connectivity index (χ0v) is 10.6. The molecule has 0 spiro atoms. The molecule has 2 aliphatic rings. The quantitative estimate of drug-likeness (QED) is 0.826. The van der Waals surface area contributed by atoms with Crippen LogP contribution in [-0.4, -0.2) is 41.5 Å². The van der Waals surface area contributed by atoms with E-state index in [1.165, 1.54) is 0 Å². The van der Waals surface area contributed by atoms with Crippen molar-refractivity contribution in [2.45, 2.75) is 31.0 Å². The molecule has 5 heteroatoms. The monoisotopic (exact) mass is 263 g/mol. The summed E-state index contributed by atoms with van der Waals surface area (Å²) in [4.78, 5) is 17.6. The van der Waals surface area contributed by atoms with Crippen LogP contribution in [0.25, 0.3) is 0 Å². The molecule has 3 atom stereocenters. The van der Waals surface area contributed by atoms with Crippen LogP contribution in [0.5, 0.6) is 0 Å². The van der Waals surface area contributed by atoms with Crippen LogP contribution in [0, 0.1) is 0 Å². The highest BCUT2D eigenvalue weighted by atomic mass is 16.7. The zero-order chi connectivity index (χ0) is 13.2. The van der Waals surface area contributed by atoms with Gasteiger partial charge >= 0.3 is 5.97 Å². The summed E-state index contributed by atoms with van der Waals surface area (Å²) in [5.41, 5.74) is 1.07. The predicted molar refractivity (Wildman–Crippen MR) is 67.0 cm³/mol. The Labute approximate surface area is 111 Å². The van der Waals surface area contributed by atoms with Gasteiger partial charge in [0.2, 0.25) is 0 Å². The predicted octanol–water partition coefficient (Wildman–Crippen LogP) is 1.04. The average molecular weight is 263 g/mol. The lowest BCUT2D eigenvalue weighted by Crippen LogP contribution is -2.46. The number of hydrogen-bond donors (Lipinski definition) is 1. The van der Waals surface area contributed by atoms with Crippen LogP contribution in [0.3, 0.4) is 0 Å². The van der Waals surface area contributed by atoms with Gasteiger partial charge in [0.1, 0.15) is 12.6 Å². The molecule has 1 aromatic carbocycles. The number of cyclic esters (lactones) is 1. The van der Waals surface area contributed by atoms with E-state index in [9.17, 15) is 4.79 Å². The first-order valence-corrected chi connectivity index (χ1v) is 6.57. The van der Waals surface area contributed by atoms with Crippen molar-refractivity contribution in [3.05, 3.63) is 35.9 Å². The maximum atomic E-state index is 11.8. The molecular weight excluding hydrogens is 246 g/mol. The van der Waals surface area contributed by atoms with Crippen molar-refractivity contribution in [3.63, 3.8) is 0 Å². The van der Waals surface area contributed by atoms with Gasteiger partial charge in [-0.25, -0.2) is 0 Å². The van der Waals surface area contributed by atoms with Gasteiger partial charge in [0, 0.05) is 13.0 Å². The number of aliphatic hydroxyl groups excluding tert-OH is 1. The highest BCUT2D eigenvalue weighted by molar-refractivity contribution is 5.76. The van der Waals surface area contributed by atoms with Crippen LogP contribution in [0.1, 0.15) is 24.4 Å². The number of rotatable bonds is 3. The van der Waals surface area contributed by atoms with Gasteiger partial charge in [0.15, 0.2) is 0 Å². The van der Waals surface area contributed by atoms with E-state index in [0.29, 0.717) is 19.4 Å². The van der Waals surface area contributed by atoms with Gasteiger partial charge in [-0.05, 0) is 12.0 Å². The second kappa shape index (κ2) is 5.28. The third-order valence-electron chi connectivity index (χ3n) is 3.66. The molecule has 2 aliphatic heterocycles. The molecule has 1 aromatic rings. The largest absolute Gasteiger partial charge is 0.462 e. The number of carbonyl (C=O) groups is 1. The van der Waals surface area contributed by atoms with Crippen molar-refractivity contribution >= 4 is 5.97 Å². The summed E-state index contributed by atoms with van der Waals surface area (Å²) in [6, 6.07) is 9.47. The first kappa shape index (κ1) is 12.6. The smallest absolute Gasteiger partial charge is 0.325 e. The number of benzene rings is 1. The van der Waals surface area contributed by atoms with Crippen molar-refractivity contribution in [2.75, 3.05) is 13.2 Å². The molecule has 19 heavy (non-hydrogen) atoms. The van der Waals surface area contributed by atoms with E-state index >= 15 is 0 Å². The maximum absolute atomic E-state index is 11.8. The van der Waals surface area contributed by atoms with Crippen molar-refractivity contribution in [1.29, 1.82) is 0 Å². The van der Waals surface area contributed by atoms with Crippen molar-refractivity contribution in [3.8, 4) is 0 Å². The fourth-order valence-corrected chi connectivity index (χ4v) is 2.70. The molecule has 2 heterocycles. The fraction of sp³-hybridized carbons (Fsp3) is 0.500. The van der Waals surface area contributed by atoms with Crippen LogP contribution >= 0.6 is 0 Å². The van der Waals surface area contributed by atoms with E-state index < -0.39 is 0 Å². The first-order chi connectivity index (χ1) is 9.29. The van der Waals surface area contributed by atoms with Crippen molar-refractivity contribution in [1.82, 2.24) is 5.06 Å². The average Bonchev–Trinajstić information content (AvgIpc) is 2.85. The van der Waals surface area contributed by atoms with E-state index in [1.54, 1.807) is 5.06 Å². The third-order valence-corrected chi connectivity index (χ3v) is 3.66. The van der Waals surface area contributed by atoms with Crippen molar-refractivity contribution in [2.24, 2.45) is 0 Å². The van der Waals surface area contributed by atoms with Crippen LogP contribution in [-0.2, 0) is 14.4 Å². The number of carbonyl (C=O) groups excluding carboxylic acids is 1. The topological polar surface area (TPSA) is 59.0 Å². The van der Waals surface area contributed by atoms with Gasteiger partial charge < -0.3 is 9.84 Å². The summed E-state index contributed by atoms with van der Waals surface area (Å²) < 4.78 is 5.26. The molecule has 2 fully saturated rings. The molecule has 0 saturated carbocycles. The number of hydrogen-bond acceptors (Lipinski definition) is 5. The second-order valence-electron chi connectivity index (χ2n) is 4.91. The molecule has 0 amide bonds. The van der Waals surface area contributed by atoms with Gasteiger partial charge in [-0.15, -0.1) is 0 Å². The number of hydroxylamine groups is 2. The first-order valence-electron chi connectivity index (χ1n) is 6.57.